The summed E-state index contributed by atoms with van der Waals surface area (Å²) >= 11 is 0. The van der Waals surface area contributed by atoms with Crippen LogP contribution in [-0.4, -0.2) is 40.2 Å². The Morgan fingerprint density at radius 1 is 1.04 bits per heavy atom. The molecule has 0 saturated carbocycles. The monoisotopic (exact) mass is 350 g/mol. The Morgan fingerprint density at radius 3 is 2.42 bits per heavy atom. The molecule has 4 heterocycles. The van der Waals surface area contributed by atoms with Crippen molar-refractivity contribution in [3.05, 3.63) is 48.8 Å². The lowest BCUT2D eigenvalue weighted by Crippen LogP contribution is -2.46. The van der Waals surface area contributed by atoms with Crippen LogP contribution in [0.15, 0.2) is 47.5 Å². The maximum absolute atomic E-state index is 5.83. The van der Waals surface area contributed by atoms with Gasteiger partial charge in [-0.3, -0.25) is 4.98 Å². The molecule has 4 rings (SSSR count). The highest BCUT2D eigenvalue weighted by molar-refractivity contribution is 5.81. The largest absolute Gasteiger partial charge is 0.469 e. The van der Waals surface area contributed by atoms with Gasteiger partial charge in [0.25, 0.3) is 0 Å². The third-order valence-corrected chi connectivity index (χ3v) is 4.58. The van der Waals surface area contributed by atoms with Crippen LogP contribution in [0, 0.1) is 6.92 Å². The molecule has 0 N–H and O–H groups in total. The van der Waals surface area contributed by atoms with E-state index in [1.54, 1.807) is 18.7 Å². The van der Waals surface area contributed by atoms with Crippen molar-refractivity contribution in [2.24, 2.45) is 0 Å². The van der Waals surface area contributed by atoms with Gasteiger partial charge in [-0.1, -0.05) is 0 Å². The number of hydrogen-bond acceptors (Lipinski definition) is 6. The number of ether oxygens (including phenoxy) is 1. The second-order valence-electron chi connectivity index (χ2n) is 6.72. The molecule has 1 aliphatic heterocycles. The van der Waals surface area contributed by atoms with E-state index < -0.39 is 0 Å². The van der Waals surface area contributed by atoms with Gasteiger partial charge in [0.15, 0.2) is 0 Å². The average Bonchev–Trinajstić information content (AvgIpc) is 3.07. The number of pyridine rings is 1. The second kappa shape index (κ2) is 6.88. The third kappa shape index (κ3) is 3.20. The molecule has 6 nitrogen and oxygen atoms in total. The minimum atomic E-state index is 0.154. The first-order valence-corrected chi connectivity index (χ1v) is 8.84. The molecule has 0 unspecified atom stereocenters. The predicted molar refractivity (Wildman–Crippen MR) is 99.9 cm³/mol. The highest BCUT2D eigenvalue weighted by Gasteiger charge is 2.25. The second-order valence-corrected chi connectivity index (χ2v) is 6.72. The molecule has 26 heavy (non-hydrogen) atoms. The van der Waals surface area contributed by atoms with E-state index in [4.69, 9.17) is 14.1 Å². The lowest BCUT2D eigenvalue weighted by molar-refractivity contribution is -0.00571. The highest BCUT2D eigenvalue weighted by atomic mass is 16.5. The van der Waals surface area contributed by atoms with Gasteiger partial charge in [-0.05, 0) is 44.5 Å². The van der Waals surface area contributed by atoms with Crippen molar-refractivity contribution in [1.29, 1.82) is 0 Å². The quantitative estimate of drug-likeness (QED) is 0.717. The normalized spacial score (nSPS) is 20.3. The average molecular weight is 350 g/mol. The minimum absolute atomic E-state index is 0.154. The molecule has 134 valence electrons. The van der Waals surface area contributed by atoms with Gasteiger partial charge in [0, 0.05) is 42.8 Å². The lowest BCUT2D eigenvalue weighted by Gasteiger charge is -2.35. The van der Waals surface area contributed by atoms with Crippen molar-refractivity contribution < 1.29 is 9.15 Å². The van der Waals surface area contributed by atoms with Crippen LogP contribution in [0.1, 0.15) is 19.6 Å². The Labute approximate surface area is 152 Å². The zero-order chi connectivity index (χ0) is 18.1. The standard InChI is InChI=1S/C20H22N4O2/c1-13-11-24(12-14(2)26-13)20-22-10-18(16-4-7-21-8-5-16)19(23-20)17-6-9-25-15(17)3/h4-10,13-14H,11-12H2,1-3H3/t13-,14-/m0/s1. The molecule has 2 atom stereocenters. The molecule has 0 amide bonds. The fourth-order valence-electron chi connectivity index (χ4n) is 3.44. The number of anilines is 1. The van der Waals surface area contributed by atoms with Crippen molar-refractivity contribution in [3.8, 4) is 22.4 Å². The van der Waals surface area contributed by atoms with Crippen molar-refractivity contribution in [1.82, 2.24) is 15.0 Å². The Morgan fingerprint density at radius 2 is 1.77 bits per heavy atom. The van der Waals surface area contributed by atoms with E-state index in [0.717, 1.165) is 47.2 Å². The van der Waals surface area contributed by atoms with E-state index in [9.17, 15) is 0 Å². The van der Waals surface area contributed by atoms with Gasteiger partial charge >= 0.3 is 0 Å². The van der Waals surface area contributed by atoms with Crippen molar-refractivity contribution in [3.63, 3.8) is 0 Å². The summed E-state index contributed by atoms with van der Waals surface area (Å²) in [7, 11) is 0. The summed E-state index contributed by atoms with van der Waals surface area (Å²) < 4.78 is 11.4. The molecular weight excluding hydrogens is 328 g/mol. The van der Waals surface area contributed by atoms with Gasteiger partial charge in [0.05, 0.1) is 24.2 Å². The van der Waals surface area contributed by atoms with Gasteiger partial charge in [-0.2, -0.15) is 0 Å². The number of hydrogen-bond donors (Lipinski definition) is 0. The van der Waals surface area contributed by atoms with Crippen LogP contribution in [0.4, 0.5) is 5.95 Å². The van der Waals surface area contributed by atoms with Gasteiger partial charge in [0.1, 0.15) is 5.76 Å². The highest BCUT2D eigenvalue weighted by Crippen LogP contribution is 2.33. The fourth-order valence-corrected chi connectivity index (χ4v) is 3.44. The summed E-state index contributed by atoms with van der Waals surface area (Å²) in [5, 5.41) is 0. The van der Waals surface area contributed by atoms with Gasteiger partial charge in [0.2, 0.25) is 5.95 Å². The Balaban J connectivity index is 1.81. The molecule has 0 aliphatic carbocycles. The van der Waals surface area contributed by atoms with Gasteiger partial charge in [-0.15, -0.1) is 0 Å². The minimum Gasteiger partial charge on any atom is -0.469 e. The first-order valence-electron chi connectivity index (χ1n) is 8.84. The van der Waals surface area contributed by atoms with Crippen molar-refractivity contribution >= 4 is 5.95 Å². The number of furan rings is 1. The molecule has 3 aromatic heterocycles. The van der Waals surface area contributed by atoms with Crippen LogP contribution in [-0.2, 0) is 4.74 Å². The first kappa shape index (κ1) is 16.7. The summed E-state index contributed by atoms with van der Waals surface area (Å²) in [6.45, 7) is 7.67. The molecule has 3 aromatic rings. The Bertz CT molecular complexity index is 884. The van der Waals surface area contributed by atoms with Crippen LogP contribution in [0.5, 0.6) is 0 Å². The molecule has 6 heteroatoms. The molecule has 1 fully saturated rings. The number of aryl methyl sites for hydroxylation is 1. The summed E-state index contributed by atoms with van der Waals surface area (Å²) in [6.07, 6.45) is 7.45. The maximum Gasteiger partial charge on any atom is 0.226 e. The zero-order valence-electron chi connectivity index (χ0n) is 15.2. The maximum atomic E-state index is 5.83. The number of rotatable bonds is 3. The zero-order valence-corrected chi connectivity index (χ0v) is 15.2. The summed E-state index contributed by atoms with van der Waals surface area (Å²) in [6, 6.07) is 5.89. The topological polar surface area (TPSA) is 64.3 Å². The van der Waals surface area contributed by atoms with Crippen LogP contribution < -0.4 is 4.90 Å². The Kier molecular flexibility index (Phi) is 4.42. The lowest BCUT2D eigenvalue weighted by atomic mass is 10.0. The van der Waals surface area contributed by atoms with Crippen molar-refractivity contribution in [2.45, 2.75) is 33.0 Å². The van der Waals surface area contributed by atoms with E-state index in [1.807, 2.05) is 31.3 Å². The fraction of sp³-hybridized carbons (Fsp3) is 0.350. The van der Waals surface area contributed by atoms with E-state index in [2.05, 4.69) is 28.7 Å². The summed E-state index contributed by atoms with van der Waals surface area (Å²) in [4.78, 5) is 15.9. The van der Waals surface area contributed by atoms with Crippen LogP contribution in [0.25, 0.3) is 22.4 Å². The number of morpholine rings is 1. The van der Waals surface area contributed by atoms with Crippen LogP contribution >= 0.6 is 0 Å². The summed E-state index contributed by atoms with van der Waals surface area (Å²) in [5.41, 5.74) is 3.86. The van der Waals surface area contributed by atoms with E-state index in [0.29, 0.717) is 0 Å². The van der Waals surface area contributed by atoms with Crippen molar-refractivity contribution in [2.75, 3.05) is 18.0 Å². The first-order chi connectivity index (χ1) is 12.6. The van der Waals surface area contributed by atoms with Gasteiger partial charge < -0.3 is 14.1 Å². The number of aromatic nitrogens is 3. The molecule has 0 spiro atoms. The number of nitrogens with zero attached hydrogens (tertiary/aromatic N) is 4. The van der Waals surface area contributed by atoms with E-state index >= 15 is 0 Å². The third-order valence-electron chi connectivity index (χ3n) is 4.58. The van der Waals surface area contributed by atoms with Crippen LogP contribution in [0.3, 0.4) is 0 Å². The predicted octanol–water partition coefficient (Wildman–Crippen LogP) is 3.72. The molecule has 0 aromatic carbocycles. The van der Waals surface area contributed by atoms with E-state index in [1.165, 1.54) is 0 Å². The molecule has 0 bridgehead atoms. The summed E-state index contributed by atoms with van der Waals surface area (Å²) in [5.74, 6) is 1.56. The molecule has 0 radical (unpaired) electrons. The smallest absolute Gasteiger partial charge is 0.226 e. The molecular formula is C20H22N4O2. The van der Waals surface area contributed by atoms with E-state index in [-0.39, 0.29) is 12.2 Å². The molecule has 1 aliphatic rings. The molecule has 1 saturated heterocycles. The van der Waals surface area contributed by atoms with Crippen LogP contribution in [0.2, 0.25) is 0 Å². The SMILES string of the molecule is Cc1occc1-c1nc(N2C[C@H](C)O[C@@H](C)C2)ncc1-c1ccncc1. The van der Waals surface area contributed by atoms with Gasteiger partial charge in [-0.25, -0.2) is 9.97 Å². The Hall–Kier alpha value is -2.73.